The van der Waals surface area contributed by atoms with Crippen LogP contribution in [0.3, 0.4) is 0 Å². The maximum atomic E-state index is 12.2. The highest BCUT2D eigenvalue weighted by Crippen LogP contribution is 2.09. The van der Waals surface area contributed by atoms with Crippen molar-refractivity contribution in [2.24, 2.45) is 0 Å². The van der Waals surface area contributed by atoms with Crippen LogP contribution >= 0.6 is 0 Å². The van der Waals surface area contributed by atoms with E-state index in [1.54, 1.807) is 0 Å². The normalized spacial score (nSPS) is 12.4. The van der Waals surface area contributed by atoms with Crippen molar-refractivity contribution in [3.05, 3.63) is 35.9 Å². The quantitative estimate of drug-likeness (QED) is 0.714. The van der Waals surface area contributed by atoms with Gasteiger partial charge in [-0.1, -0.05) is 57.0 Å². The first-order chi connectivity index (χ1) is 7.79. The average Bonchev–Trinajstić information content (AvgIpc) is 2.35. The fraction of sp³-hybridized carbons (Fsp3) is 0.500. The molecule has 2 heteroatoms. The molecule has 0 aliphatic heterocycles. The van der Waals surface area contributed by atoms with Gasteiger partial charge in [0.05, 0.1) is 6.04 Å². The standard InChI is InChI=1S/C14H21NO/c1-3-5-11-13(15-4-2)14(16)12-9-7-6-8-10-12/h6-10,13,15H,3-5,11H2,1-2H3/t13-/m0/s1. The zero-order valence-corrected chi connectivity index (χ0v) is 10.2. The summed E-state index contributed by atoms with van der Waals surface area (Å²) in [5, 5.41) is 3.27. The zero-order chi connectivity index (χ0) is 11.8. The molecule has 0 radical (unpaired) electrons. The van der Waals surface area contributed by atoms with Gasteiger partial charge in [-0.2, -0.15) is 0 Å². The van der Waals surface area contributed by atoms with E-state index in [4.69, 9.17) is 0 Å². The fourth-order valence-electron chi connectivity index (χ4n) is 1.78. The molecule has 1 aromatic rings. The van der Waals surface area contributed by atoms with Crippen LogP contribution in [-0.4, -0.2) is 18.4 Å². The maximum absolute atomic E-state index is 12.2. The molecule has 1 atom stereocenters. The number of ketones is 1. The molecule has 0 saturated heterocycles. The molecule has 0 aromatic heterocycles. The fourth-order valence-corrected chi connectivity index (χ4v) is 1.78. The SMILES string of the molecule is CCCC[C@H](NCC)C(=O)c1ccccc1. The van der Waals surface area contributed by atoms with Gasteiger partial charge in [-0.25, -0.2) is 0 Å². The summed E-state index contributed by atoms with van der Waals surface area (Å²) in [5.41, 5.74) is 0.810. The molecule has 1 N–H and O–H groups in total. The van der Waals surface area contributed by atoms with E-state index in [0.717, 1.165) is 31.4 Å². The van der Waals surface area contributed by atoms with Crippen LogP contribution in [0.1, 0.15) is 43.5 Å². The third-order valence-corrected chi connectivity index (χ3v) is 2.67. The van der Waals surface area contributed by atoms with Gasteiger partial charge in [0.2, 0.25) is 0 Å². The van der Waals surface area contributed by atoms with Crippen molar-refractivity contribution >= 4 is 5.78 Å². The van der Waals surface area contributed by atoms with Crippen molar-refractivity contribution < 1.29 is 4.79 Å². The van der Waals surface area contributed by atoms with E-state index in [1.807, 2.05) is 37.3 Å². The van der Waals surface area contributed by atoms with Crippen LogP contribution < -0.4 is 5.32 Å². The number of Topliss-reactive ketones (excluding diaryl/α,β-unsaturated/α-hetero) is 1. The third-order valence-electron chi connectivity index (χ3n) is 2.67. The van der Waals surface area contributed by atoms with Crippen molar-refractivity contribution in [2.45, 2.75) is 39.2 Å². The Bertz CT molecular complexity index is 308. The summed E-state index contributed by atoms with van der Waals surface area (Å²) >= 11 is 0. The average molecular weight is 219 g/mol. The summed E-state index contributed by atoms with van der Waals surface area (Å²) in [6.07, 6.45) is 3.15. The molecule has 16 heavy (non-hydrogen) atoms. The van der Waals surface area contributed by atoms with E-state index in [-0.39, 0.29) is 11.8 Å². The second-order valence-corrected chi connectivity index (χ2v) is 3.98. The summed E-state index contributed by atoms with van der Waals surface area (Å²) < 4.78 is 0. The van der Waals surface area contributed by atoms with Gasteiger partial charge < -0.3 is 5.32 Å². The molecular formula is C14H21NO. The van der Waals surface area contributed by atoms with Crippen molar-refractivity contribution in [2.75, 3.05) is 6.54 Å². The van der Waals surface area contributed by atoms with Gasteiger partial charge in [-0.05, 0) is 13.0 Å². The van der Waals surface area contributed by atoms with Crippen molar-refractivity contribution in [3.8, 4) is 0 Å². The van der Waals surface area contributed by atoms with E-state index >= 15 is 0 Å². The Balaban J connectivity index is 2.67. The second kappa shape index (κ2) is 7.18. The highest BCUT2D eigenvalue weighted by Gasteiger charge is 2.17. The summed E-state index contributed by atoms with van der Waals surface area (Å²) in [5.74, 6) is 0.218. The van der Waals surface area contributed by atoms with Crippen LogP contribution in [0.5, 0.6) is 0 Å². The summed E-state index contributed by atoms with van der Waals surface area (Å²) in [7, 11) is 0. The predicted octanol–water partition coefficient (Wildman–Crippen LogP) is 3.04. The van der Waals surface area contributed by atoms with Gasteiger partial charge in [-0.3, -0.25) is 4.79 Å². The predicted molar refractivity (Wildman–Crippen MR) is 67.8 cm³/mol. The molecule has 0 fully saturated rings. The molecule has 0 heterocycles. The Morgan fingerprint density at radius 1 is 1.25 bits per heavy atom. The molecule has 0 spiro atoms. The number of rotatable bonds is 7. The van der Waals surface area contributed by atoms with Crippen LogP contribution in [0, 0.1) is 0 Å². The highest BCUT2D eigenvalue weighted by molar-refractivity contribution is 6.00. The van der Waals surface area contributed by atoms with E-state index in [2.05, 4.69) is 12.2 Å². The molecule has 1 rings (SSSR count). The lowest BCUT2D eigenvalue weighted by Gasteiger charge is -2.16. The number of unbranched alkanes of at least 4 members (excludes halogenated alkanes) is 1. The molecule has 2 nitrogen and oxygen atoms in total. The van der Waals surface area contributed by atoms with E-state index in [0.29, 0.717) is 0 Å². The first-order valence-corrected chi connectivity index (χ1v) is 6.12. The Morgan fingerprint density at radius 2 is 1.94 bits per heavy atom. The number of hydrogen-bond acceptors (Lipinski definition) is 2. The number of carbonyl (C=O) groups is 1. The monoisotopic (exact) mass is 219 g/mol. The Kier molecular flexibility index (Phi) is 5.79. The van der Waals surface area contributed by atoms with Crippen LogP contribution in [0.15, 0.2) is 30.3 Å². The van der Waals surface area contributed by atoms with Gasteiger partial charge >= 0.3 is 0 Å². The Hall–Kier alpha value is -1.15. The lowest BCUT2D eigenvalue weighted by molar-refractivity contribution is 0.0937. The molecule has 1 aromatic carbocycles. The Morgan fingerprint density at radius 3 is 2.50 bits per heavy atom. The molecule has 0 bridgehead atoms. The van der Waals surface area contributed by atoms with Gasteiger partial charge in [-0.15, -0.1) is 0 Å². The van der Waals surface area contributed by atoms with Crippen LogP contribution in [-0.2, 0) is 0 Å². The van der Waals surface area contributed by atoms with E-state index in [1.165, 1.54) is 0 Å². The molecule has 88 valence electrons. The zero-order valence-electron chi connectivity index (χ0n) is 10.2. The van der Waals surface area contributed by atoms with Crippen molar-refractivity contribution in [1.29, 1.82) is 0 Å². The lowest BCUT2D eigenvalue weighted by atomic mass is 9.99. The molecular weight excluding hydrogens is 198 g/mol. The number of likely N-dealkylation sites (N-methyl/N-ethyl adjacent to an activating group) is 1. The minimum absolute atomic E-state index is 0.0210. The maximum Gasteiger partial charge on any atom is 0.179 e. The molecule has 0 unspecified atom stereocenters. The minimum atomic E-state index is -0.0210. The highest BCUT2D eigenvalue weighted by atomic mass is 16.1. The van der Waals surface area contributed by atoms with Gasteiger partial charge in [0.25, 0.3) is 0 Å². The van der Waals surface area contributed by atoms with Crippen LogP contribution in [0.2, 0.25) is 0 Å². The van der Waals surface area contributed by atoms with Crippen molar-refractivity contribution in [3.63, 3.8) is 0 Å². The molecule has 0 aliphatic carbocycles. The lowest BCUT2D eigenvalue weighted by Crippen LogP contribution is -2.36. The molecule has 0 amide bonds. The van der Waals surface area contributed by atoms with Crippen LogP contribution in [0.4, 0.5) is 0 Å². The van der Waals surface area contributed by atoms with Crippen molar-refractivity contribution in [1.82, 2.24) is 5.32 Å². The van der Waals surface area contributed by atoms with Crippen LogP contribution in [0.25, 0.3) is 0 Å². The van der Waals surface area contributed by atoms with Gasteiger partial charge in [0, 0.05) is 5.56 Å². The summed E-state index contributed by atoms with van der Waals surface area (Å²) in [4.78, 5) is 12.2. The molecule has 0 aliphatic rings. The topological polar surface area (TPSA) is 29.1 Å². The minimum Gasteiger partial charge on any atom is -0.307 e. The number of carbonyl (C=O) groups excluding carboxylic acids is 1. The number of hydrogen-bond donors (Lipinski definition) is 1. The van der Waals surface area contributed by atoms with Gasteiger partial charge in [0.1, 0.15) is 0 Å². The first-order valence-electron chi connectivity index (χ1n) is 6.12. The second-order valence-electron chi connectivity index (χ2n) is 3.98. The van der Waals surface area contributed by atoms with E-state index in [9.17, 15) is 4.79 Å². The van der Waals surface area contributed by atoms with Gasteiger partial charge in [0.15, 0.2) is 5.78 Å². The number of nitrogens with one attached hydrogen (secondary N) is 1. The largest absolute Gasteiger partial charge is 0.307 e. The Labute approximate surface area is 98.1 Å². The smallest absolute Gasteiger partial charge is 0.179 e. The van der Waals surface area contributed by atoms with E-state index < -0.39 is 0 Å². The first kappa shape index (κ1) is 12.9. The molecule has 0 saturated carbocycles. The third kappa shape index (κ3) is 3.78. The summed E-state index contributed by atoms with van der Waals surface area (Å²) in [6.45, 7) is 5.03. The number of benzene rings is 1. The summed E-state index contributed by atoms with van der Waals surface area (Å²) in [6, 6.07) is 9.52.